The third kappa shape index (κ3) is 4.32. The van der Waals surface area contributed by atoms with E-state index in [9.17, 15) is 13.2 Å². The van der Waals surface area contributed by atoms with E-state index in [1.807, 2.05) is 19.1 Å². The Bertz CT molecular complexity index is 1080. The zero-order chi connectivity index (χ0) is 22.2. The summed E-state index contributed by atoms with van der Waals surface area (Å²) in [5, 5.41) is 7.79. The molecule has 2 heterocycles. The number of fused-ring (bicyclic) bond motifs is 1. The highest BCUT2D eigenvalue weighted by Crippen LogP contribution is 2.36. The number of hydrogen-bond acceptors (Lipinski definition) is 4. The Balaban J connectivity index is 1.68. The van der Waals surface area contributed by atoms with Crippen molar-refractivity contribution in [1.82, 2.24) is 10.3 Å². The molecular formula is C24H27F3N4. The van der Waals surface area contributed by atoms with Gasteiger partial charge in [-0.2, -0.15) is 13.2 Å². The lowest BCUT2D eigenvalue weighted by atomic mass is 9.97. The van der Waals surface area contributed by atoms with Crippen molar-refractivity contribution >= 4 is 22.3 Å². The van der Waals surface area contributed by atoms with Crippen LogP contribution >= 0.6 is 0 Å². The minimum Gasteiger partial charge on any atom is -0.378 e. The van der Waals surface area contributed by atoms with Crippen molar-refractivity contribution in [2.75, 3.05) is 29.9 Å². The summed E-state index contributed by atoms with van der Waals surface area (Å²) >= 11 is 0. The van der Waals surface area contributed by atoms with E-state index in [2.05, 4.69) is 39.6 Å². The number of benzene rings is 2. The fraction of sp³-hybridized carbons (Fsp3) is 0.375. The van der Waals surface area contributed by atoms with Crippen LogP contribution in [0.5, 0.6) is 0 Å². The van der Waals surface area contributed by atoms with Crippen molar-refractivity contribution in [1.29, 1.82) is 0 Å². The van der Waals surface area contributed by atoms with Gasteiger partial charge in [0.05, 0.1) is 11.1 Å². The summed E-state index contributed by atoms with van der Waals surface area (Å²) in [6.45, 7) is 8.41. The number of nitrogens with zero attached hydrogens (tertiary/aromatic N) is 2. The van der Waals surface area contributed by atoms with Crippen molar-refractivity contribution in [2.45, 2.75) is 39.0 Å². The number of hydrogen-bond donors (Lipinski definition) is 2. The van der Waals surface area contributed by atoms with Gasteiger partial charge in [-0.1, -0.05) is 12.1 Å². The molecule has 0 spiro atoms. The Hall–Kier alpha value is -2.80. The molecule has 0 saturated carbocycles. The minimum atomic E-state index is -4.36. The average Bonchev–Trinajstić information content (AvgIpc) is 2.73. The molecule has 7 heteroatoms. The molecule has 164 valence electrons. The number of alkyl halides is 3. The van der Waals surface area contributed by atoms with Gasteiger partial charge in [0.1, 0.15) is 0 Å². The van der Waals surface area contributed by atoms with Crippen molar-refractivity contribution in [3.8, 4) is 0 Å². The number of pyridine rings is 1. The topological polar surface area (TPSA) is 40.2 Å². The highest BCUT2D eigenvalue weighted by atomic mass is 19.4. The van der Waals surface area contributed by atoms with E-state index in [1.54, 1.807) is 12.3 Å². The van der Waals surface area contributed by atoms with Gasteiger partial charge in [-0.25, -0.2) is 0 Å². The molecule has 3 aromatic rings. The highest BCUT2D eigenvalue weighted by Gasteiger charge is 2.33. The van der Waals surface area contributed by atoms with E-state index in [4.69, 9.17) is 0 Å². The van der Waals surface area contributed by atoms with E-state index in [0.717, 1.165) is 48.0 Å². The molecule has 1 aliphatic rings. The second-order valence-corrected chi connectivity index (χ2v) is 8.19. The molecule has 0 amide bonds. The summed E-state index contributed by atoms with van der Waals surface area (Å²) in [6, 6.07) is 12.5. The molecule has 2 atom stereocenters. The molecule has 1 aliphatic heterocycles. The van der Waals surface area contributed by atoms with E-state index in [0.29, 0.717) is 11.6 Å². The molecule has 0 aliphatic carbocycles. The Morgan fingerprint density at radius 3 is 2.74 bits per heavy atom. The van der Waals surface area contributed by atoms with Gasteiger partial charge in [0.15, 0.2) is 0 Å². The van der Waals surface area contributed by atoms with Crippen LogP contribution in [0.4, 0.5) is 24.5 Å². The second kappa shape index (κ2) is 8.38. The summed E-state index contributed by atoms with van der Waals surface area (Å²) in [5.41, 5.74) is 3.13. The molecule has 0 unspecified atom stereocenters. The molecule has 2 N–H and O–H groups in total. The largest absolute Gasteiger partial charge is 0.416 e. The zero-order valence-corrected chi connectivity index (χ0v) is 17.9. The summed E-state index contributed by atoms with van der Waals surface area (Å²) in [4.78, 5) is 6.84. The first-order valence-electron chi connectivity index (χ1n) is 10.5. The fourth-order valence-corrected chi connectivity index (χ4v) is 4.40. The SMILES string of the molecule is Cc1c([C@@H](C)Nc2ccnc3ccc(N4CCNC[C@H]4C)cc23)cccc1C(F)(F)F. The Morgan fingerprint density at radius 1 is 1.19 bits per heavy atom. The van der Waals surface area contributed by atoms with Crippen LogP contribution in [0.2, 0.25) is 0 Å². The summed E-state index contributed by atoms with van der Waals surface area (Å²) in [5.74, 6) is 0. The van der Waals surface area contributed by atoms with E-state index >= 15 is 0 Å². The second-order valence-electron chi connectivity index (χ2n) is 8.19. The molecule has 1 aromatic heterocycles. The van der Waals surface area contributed by atoms with Crippen LogP contribution in [0.15, 0.2) is 48.7 Å². The first-order valence-corrected chi connectivity index (χ1v) is 10.5. The Labute approximate surface area is 180 Å². The van der Waals surface area contributed by atoms with Crippen LogP contribution in [0.3, 0.4) is 0 Å². The molecule has 2 aromatic carbocycles. The van der Waals surface area contributed by atoms with Crippen LogP contribution in [0, 0.1) is 6.92 Å². The molecular weight excluding hydrogens is 401 g/mol. The van der Waals surface area contributed by atoms with Gasteiger partial charge in [-0.15, -0.1) is 0 Å². The van der Waals surface area contributed by atoms with Crippen LogP contribution in [-0.2, 0) is 6.18 Å². The Kier molecular flexibility index (Phi) is 5.79. The van der Waals surface area contributed by atoms with Gasteiger partial charge in [0.25, 0.3) is 0 Å². The predicted molar refractivity (Wildman–Crippen MR) is 120 cm³/mol. The molecule has 0 bridgehead atoms. The maximum absolute atomic E-state index is 13.3. The predicted octanol–water partition coefficient (Wildman–Crippen LogP) is 5.53. The highest BCUT2D eigenvalue weighted by molar-refractivity contribution is 5.93. The number of halogens is 3. The average molecular weight is 429 g/mol. The quantitative estimate of drug-likeness (QED) is 0.573. The standard InChI is InChI=1S/C24H27F3N4/c1-15-14-28-11-12-31(15)18-7-8-22-20(13-18)23(9-10-29-22)30-17(3)19-5-4-6-21(16(19)2)24(25,26)27/h4-10,13,15,17,28H,11-12,14H2,1-3H3,(H,29,30)/t15-,17-/m1/s1. The summed E-state index contributed by atoms with van der Waals surface area (Å²) < 4.78 is 40.0. The van der Waals surface area contributed by atoms with Crippen LogP contribution in [-0.4, -0.2) is 30.7 Å². The monoisotopic (exact) mass is 428 g/mol. The molecule has 4 rings (SSSR count). The van der Waals surface area contributed by atoms with Crippen LogP contribution in [0.25, 0.3) is 10.9 Å². The molecule has 0 radical (unpaired) electrons. The molecule has 1 saturated heterocycles. The number of nitrogens with one attached hydrogen (secondary N) is 2. The fourth-order valence-electron chi connectivity index (χ4n) is 4.40. The maximum Gasteiger partial charge on any atom is 0.416 e. The molecule has 1 fully saturated rings. The van der Waals surface area contributed by atoms with E-state index < -0.39 is 11.7 Å². The van der Waals surface area contributed by atoms with Crippen molar-refractivity contribution in [2.24, 2.45) is 0 Å². The van der Waals surface area contributed by atoms with Gasteiger partial charge >= 0.3 is 6.18 Å². The van der Waals surface area contributed by atoms with Gasteiger partial charge in [-0.3, -0.25) is 4.98 Å². The smallest absolute Gasteiger partial charge is 0.378 e. The van der Waals surface area contributed by atoms with Crippen molar-refractivity contribution < 1.29 is 13.2 Å². The first kappa shape index (κ1) is 21.4. The van der Waals surface area contributed by atoms with Gasteiger partial charge < -0.3 is 15.5 Å². The molecule has 4 nitrogen and oxygen atoms in total. The third-order valence-electron chi connectivity index (χ3n) is 6.08. The zero-order valence-electron chi connectivity index (χ0n) is 17.9. The van der Waals surface area contributed by atoms with Gasteiger partial charge in [-0.05, 0) is 62.2 Å². The number of aromatic nitrogens is 1. The van der Waals surface area contributed by atoms with E-state index in [1.165, 1.54) is 13.0 Å². The van der Waals surface area contributed by atoms with Crippen LogP contribution in [0.1, 0.15) is 36.6 Å². The van der Waals surface area contributed by atoms with Gasteiger partial charge in [0, 0.05) is 54.7 Å². The summed E-state index contributed by atoms with van der Waals surface area (Å²) in [6.07, 6.45) is -2.64. The Morgan fingerprint density at radius 2 is 2.00 bits per heavy atom. The number of rotatable bonds is 4. The minimum absolute atomic E-state index is 0.253. The van der Waals surface area contributed by atoms with Gasteiger partial charge in [0.2, 0.25) is 0 Å². The third-order valence-corrected chi connectivity index (χ3v) is 6.08. The van der Waals surface area contributed by atoms with Crippen LogP contribution < -0.4 is 15.5 Å². The van der Waals surface area contributed by atoms with Crippen molar-refractivity contribution in [3.63, 3.8) is 0 Å². The lowest BCUT2D eigenvalue weighted by Gasteiger charge is -2.36. The number of piperazine rings is 1. The lowest BCUT2D eigenvalue weighted by molar-refractivity contribution is -0.138. The van der Waals surface area contributed by atoms with Crippen molar-refractivity contribution in [3.05, 3.63) is 65.4 Å². The summed E-state index contributed by atoms with van der Waals surface area (Å²) in [7, 11) is 0. The first-order chi connectivity index (χ1) is 14.8. The maximum atomic E-state index is 13.3. The normalized spacial score (nSPS) is 18.3. The number of anilines is 2. The lowest BCUT2D eigenvalue weighted by Crippen LogP contribution is -2.49. The molecule has 31 heavy (non-hydrogen) atoms. The van der Waals surface area contributed by atoms with E-state index in [-0.39, 0.29) is 11.6 Å².